The van der Waals surface area contributed by atoms with E-state index in [1.165, 1.54) is 16.6 Å². The number of nitrogens with zero attached hydrogens (tertiary/aromatic N) is 5. The van der Waals surface area contributed by atoms with Crippen molar-refractivity contribution < 1.29 is 0 Å². The molecule has 152 valence electrons. The Morgan fingerprint density at radius 1 is 0.966 bits per heavy atom. The first-order chi connectivity index (χ1) is 13.8. The fourth-order valence-electron chi connectivity index (χ4n) is 3.90. The van der Waals surface area contributed by atoms with Gasteiger partial charge in [0.1, 0.15) is 5.52 Å². The molecule has 5 heteroatoms. The van der Waals surface area contributed by atoms with E-state index in [1.54, 1.807) is 0 Å². The molecule has 2 aromatic carbocycles. The van der Waals surface area contributed by atoms with Crippen molar-refractivity contribution in [3.05, 3.63) is 53.9 Å². The minimum Gasteiger partial charge on any atom is -0.334 e. The van der Waals surface area contributed by atoms with Gasteiger partial charge in [-0.15, -0.1) is 5.10 Å². The van der Waals surface area contributed by atoms with E-state index in [0.29, 0.717) is 11.8 Å². The molecule has 0 radical (unpaired) electrons. The molecule has 0 spiro atoms. The lowest BCUT2D eigenvalue weighted by Crippen LogP contribution is -2.20. The van der Waals surface area contributed by atoms with Crippen LogP contribution in [0.5, 0.6) is 0 Å². The van der Waals surface area contributed by atoms with E-state index in [1.807, 2.05) is 13.4 Å². The maximum absolute atomic E-state index is 4.52. The minimum absolute atomic E-state index is 0.0207. The van der Waals surface area contributed by atoms with E-state index in [2.05, 4.69) is 95.6 Å². The summed E-state index contributed by atoms with van der Waals surface area (Å²) in [4.78, 5) is 4.52. The first-order valence-electron chi connectivity index (χ1n) is 10.5. The zero-order valence-electron chi connectivity index (χ0n) is 18.3. The van der Waals surface area contributed by atoms with Crippen LogP contribution in [0, 0.1) is 5.92 Å². The van der Waals surface area contributed by atoms with Gasteiger partial charge in [0.25, 0.3) is 0 Å². The molecule has 0 saturated heterocycles. The second-order valence-electron chi connectivity index (χ2n) is 9.29. The Morgan fingerprint density at radius 3 is 2.52 bits per heavy atom. The van der Waals surface area contributed by atoms with Crippen LogP contribution < -0.4 is 0 Å². The maximum atomic E-state index is 4.52. The molecule has 0 N–H and O–H groups in total. The summed E-state index contributed by atoms with van der Waals surface area (Å²) in [5, 5.41) is 8.82. The molecule has 0 amide bonds. The molecule has 0 bridgehead atoms. The van der Waals surface area contributed by atoms with Gasteiger partial charge in [-0.25, -0.2) is 9.67 Å². The summed E-state index contributed by atoms with van der Waals surface area (Å²) >= 11 is 0. The van der Waals surface area contributed by atoms with Crippen molar-refractivity contribution in [2.45, 2.75) is 58.9 Å². The predicted molar refractivity (Wildman–Crippen MR) is 119 cm³/mol. The van der Waals surface area contributed by atoms with Crippen LogP contribution in [0.15, 0.2) is 42.7 Å². The highest BCUT2D eigenvalue weighted by molar-refractivity contribution is 5.76. The fraction of sp³-hybridized carbons (Fsp3) is 0.458. The van der Waals surface area contributed by atoms with Crippen molar-refractivity contribution in [1.82, 2.24) is 24.5 Å². The topological polar surface area (TPSA) is 48.5 Å². The molecule has 5 nitrogen and oxygen atoms in total. The Bertz CT molecular complexity index is 1150. The van der Waals surface area contributed by atoms with Crippen LogP contribution in [-0.2, 0) is 19.0 Å². The Hall–Kier alpha value is -2.69. The first-order valence-corrected chi connectivity index (χ1v) is 10.5. The van der Waals surface area contributed by atoms with Crippen LogP contribution in [0.4, 0.5) is 0 Å². The van der Waals surface area contributed by atoms with Gasteiger partial charge in [0, 0.05) is 13.6 Å². The average molecular weight is 390 g/mol. The lowest BCUT2D eigenvalue weighted by atomic mass is 9.81. The molecule has 0 fully saturated rings. The third kappa shape index (κ3) is 3.66. The summed E-state index contributed by atoms with van der Waals surface area (Å²) in [5.41, 5.74) is 7.00. The van der Waals surface area contributed by atoms with Crippen LogP contribution in [0.1, 0.15) is 58.1 Å². The van der Waals surface area contributed by atoms with Gasteiger partial charge < -0.3 is 4.57 Å². The van der Waals surface area contributed by atoms with Crippen LogP contribution in [0.2, 0.25) is 0 Å². The molecule has 0 saturated carbocycles. The molecule has 4 rings (SSSR count). The summed E-state index contributed by atoms with van der Waals surface area (Å²) in [6, 6.07) is 13.2. The van der Waals surface area contributed by atoms with Gasteiger partial charge in [-0.1, -0.05) is 52.0 Å². The molecule has 0 aliphatic heterocycles. The van der Waals surface area contributed by atoms with Gasteiger partial charge in [0.2, 0.25) is 0 Å². The Balaban J connectivity index is 1.58. The summed E-state index contributed by atoms with van der Waals surface area (Å²) in [6.45, 7) is 12.3. The van der Waals surface area contributed by atoms with Crippen LogP contribution >= 0.6 is 0 Å². The van der Waals surface area contributed by atoms with E-state index in [0.717, 1.165) is 29.5 Å². The number of hydrogen-bond donors (Lipinski definition) is 0. The minimum atomic E-state index is 0.0207. The van der Waals surface area contributed by atoms with Gasteiger partial charge in [0.15, 0.2) is 0 Å². The van der Waals surface area contributed by atoms with Gasteiger partial charge in [-0.05, 0) is 59.1 Å². The van der Waals surface area contributed by atoms with Gasteiger partial charge in [-0.2, -0.15) is 0 Å². The molecule has 1 unspecified atom stereocenters. The van der Waals surface area contributed by atoms with Crippen molar-refractivity contribution in [3.63, 3.8) is 0 Å². The smallest absolute Gasteiger partial charge is 0.113 e. The van der Waals surface area contributed by atoms with Gasteiger partial charge in [-0.3, -0.25) is 0 Å². The summed E-state index contributed by atoms with van der Waals surface area (Å²) in [7, 11) is 2.03. The molecule has 0 aliphatic rings. The number of aromatic nitrogens is 5. The SMILES string of the molecule is CC(C)C(C)c1ccc2nnn(CCC(C)(C)c3ccc4c(c3)ncn4C)c2c1. The van der Waals surface area contributed by atoms with E-state index < -0.39 is 0 Å². The normalized spacial score (nSPS) is 13.6. The third-order valence-corrected chi connectivity index (χ3v) is 6.52. The number of hydrogen-bond acceptors (Lipinski definition) is 3. The molecule has 1 atom stereocenters. The van der Waals surface area contributed by atoms with E-state index in [9.17, 15) is 0 Å². The molecule has 4 aromatic rings. The van der Waals surface area contributed by atoms with E-state index in [4.69, 9.17) is 0 Å². The van der Waals surface area contributed by atoms with Crippen molar-refractivity contribution in [1.29, 1.82) is 0 Å². The Morgan fingerprint density at radius 2 is 1.76 bits per heavy atom. The van der Waals surface area contributed by atoms with Crippen molar-refractivity contribution in [3.8, 4) is 0 Å². The molecular formula is C24H31N5. The largest absolute Gasteiger partial charge is 0.334 e. The second-order valence-corrected chi connectivity index (χ2v) is 9.29. The van der Waals surface area contributed by atoms with Gasteiger partial charge >= 0.3 is 0 Å². The van der Waals surface area contributed by atoms with Crippen molar-refractivity contribution in [2.75, 3.05) is 0 Å². The zero-order valence-corrected chi connectivity index (χ0v) is 18.3. The Kier molecular flexibility index (Phi) is 4.93. The highest BCUT2D eigenvalue weighted by Gasteiger charge is 2.22. The zero-order chi connectivity index (χ0) is 20.8. The number of imidazole rings is 1. The number of fused-ring (bicyclic) bond motifs is 2. The van der Waals surface area contributed by atoms with Gasteiger partial charge in [0.05, 0.1) is 22.9 Å². The van der Waals surface area contributed by atoms with Crippen molar-refractivity contribution in [2.24, 2.45) is 13.0 Å². The highest BCUT2D eigenvalue weighted by atomic mass is 15.4. The van der Waals surface area contributed by atoms with E-state index in [-0.39, 0.29) is 5.41 Å². The number of aryl methyl sites for hydroxylation is 2. The van der Waals surface area contributed by atoms with Crippen molar-refractivity contribution >= 4 is 22.1 Å². The second kappa shape index (κ2) is 7.29. The standard InChI is InChI=1S/C24H31N5/c1-16(2)17(3)18-7-9-20-23(13-18)29(27-26-20)12-11-24(4,5)19-8-10-22-21(14-19)25-15-28(22)6/h7-10,13-17H,11-12H2,1-6H3. The Labute approximate surface area is 172 Å². The molecular weight excluding hydrogens is 358 g/mol. The van der Waals surface area contributed by atoms with Crippen LogP contribution in [0.25, 0.3) is 22.1 Å². The lowest BCUT2D eigenvalue weighted by Gasteiger charge is -2.25. The molecule has 2 heterocycles. The number of rotatable bonds is 6. The fourth-order valence-corrected chi connectivity index (χ4v) is 3.90. The predicted octanol–water partition coefficient (Wildman–Crippen LogP) is 5.45. The molecule has 0 aliphatic carbocycles. The molecule has 2 aromatic heterocycles. The quantitative estimate of drug-likeness (QED) is 0.441. The van der Waals surface area contributed by atoms with Crippen LogP contribution in [0.3, 0.4) is 0 Å². The summed E-state index contributed by atoms with van der Waals surface area (Å²) in [5.74, 6) is 1.13. The first kappa shape index (κ1) is 19.6. The highest BCUT2D eigenvalue weighted by Crippen LogP contribution is 2.31. The summed E-state index contributed by atoms with van der Waals surface area (Å²) in [6.07, 6.45) is 2.85. The summed E-state index contributed by atoms with van der Waals surface area (Å²) < 4.78 is 4.12. The van der Waals surface area contributed by atoms with Crippen LogP contribution in [-0.4, -0.2) is 24.5 Å². The third-order valence-electron chi connectivity index (χ3n) is 6.52. The van der Waals surface area contributed by atoms with E-state index >= 15 is 0 Å². The lowest BCUT2D eigenvalue weighted by molar-refractivity contribution is 0.422. The maximum Gasteiger partial charge on any atom is 0.113 e. The number of benzene rings is 2. The average Bonchev–Trinajstić information content (AvgIpc) is 3.28. The molecule has 29 heavy (non-hydrogen) atoms. The monoisotopic (exact) mass is 389 g/mol.